The van der Waals surface area contributed by atoms with Gasteiger partial charge in [0.1, 0.15) is 11.9 Å². The van der Waals surface area contributed by atoms with Crippen molar-refractivity contribution in [2.24, 2.45) is 4.99 Å². The molecule has 2 aliphatic rings. The van der Waals surface area contributed by atoms with E-state index in [0.29, 0.717) is 23.2 Å². The number of benzene rings is 2. The third-order valence-electron chi connectivity index (χ3n) is 5.19. The summed E-state index contributed by atoms with van der Waals surface area (Å²) in [4.78, 5) is 15.5. The van der Waals surface area contributed by atoms with E-state index in [-0.39, 0.29) is 27.5 Å². The van der Waals surface area contributed by atoms with Crippen molar-refractivity contribution < 1.29 is 22.7 Å². The van der Waals surface area contributed by atoms with Crippen LogP contribution in [0.5, 0.6) is 0 Å². The van der Waals surface area contributed by atoms with Gasteiger partial charge in [-0.25, -0.2) is 17.6 Å². The molecule has 1 aliphatic carbocycles. The van der Waals surface area contributed by atoms with Crippen LogP contribution in [-0.2, 0) is 15.6 Å². The number of sulfone groups is 1. The highest BCUT2D eigenvalue weighted by Crippen LogP contribution is 2.44. The first-order chi connectivity index (χ1) is 14.3. The molecule has 4 rings (SSSR count). The van der Waals surface area contributed by atoms with Crippen LogP contribution in [0.2, 0.25) is 0 Å². The summed E-state index contributed by atoms with van der Waals surface area (Å²) in [7, 11) is -3.97. The fourth-order valence-electron chi connectivity index (χ4n) is 3.56. The predicted molar refractivity (Wildman–Crippen MR) is 108 cm³/mol. The second kappa shape index (κ2) is 7.50. The molecule has 1 N–H and O–H groups in total. The molecule has 0 bridgehead atoms. The Morgan fingerprint density at radius 2 is 2.03 bits per heavy atom. The van der Waals surface area contributed by atoms with E-state index in [9.17, 15) is 28.0 Å². The lowest BCUT2D eigenvalue weighted by molar-refractivity contribution is 0.0696. The topological polar surface area (TPSA) is 108 Å². The zero-order valence-corrected chi connectivity index (χ0v) is 16.6. The highest BCUT2D eigenvalue weighted by molar-refractivity contribution is 7.90. The van der Waals surface area contributed by atoms with Crippen LogP contribution in [-0.4, -0.2) is 25.7 Å². The van der Waals surface area contributed by atoms with Crippen molar-refractivity contribution in [3.05, 3.63) is 70.0 Å². The minimum Gasteiger partial charge on any atom is -0.478 e. The first-order valence-corrected chi connectivity index (χ1v) is 11.0. The molecule has 0 amide bonds. The van der Waals surface area contributed by atoms with Crippen LogP contribution in [0.3, 0.4) is 0 Å². The summed E-state index contributed by atoms with van der Waals surface area (Å²) in [5, 5.41) is 18.5. The Morgan fingerprint density at radius 3 is 2.63 bits per heavy atom. The van der Waals surface area contributed by atoms with E-state index in [0.717, 1.165) is 18.9 Å². The Hall–Kier alpha value is -3.31. The van der Waals surface area contributed by atoms with E-state index in [1.165, 1.54) is 18.2 Å². The number of carbonyl (C=O) groups is 1. The van der Waals surface area contributed by atoms with Crippen molar-refractivity contribution in [2.45, 2.75) is 35.8 Å². The molecule has 0 radical (unpaired) electrons. The van der Waals surface area contributed by atoms with Gasteiger partial charge in [-0.15, -0.1) is 0 Å². The normalized spacial score (nSPS) is 15.7. The van der Waals surface area contributed by atoms with Crippen LogP contribution in [0.4, 0.5) is 4.39 Å². The number of aromatic carboxylic acids is 1. The van der Waals surface area contributed by atoms with E-state index in [4.69, 9.17) is 0 Å². The van der Waals surface area contributed by atoms with Gasteiger partial charge in [-0.2, -0.15) is 5.26 Å². The van der Waals surface area contributed by atoms with E-state index in [1.54, 1.807) is 24.4 Å². The lowest BCUT2D eigenvalue weighted by Crippen LogP contribution is -2.11. The first-order valence-electron chi connectivity index (χ1n) is 9.35. The number of carboxylic acids is 1. The molecule has 2 aromatic rings. The molecule has 0 spiro atoms. The summed E-state index contributed by atoms with van der Waals surface area (Å²) < 4.78 is 41.0. The smallest absolute Gasteiger partial charge is 0.335 e. The quantitative estimate of drug-likeness (QED) is 0.752. The van der Waals surface area contributed by atoms with Gasteiger partial charge in [0.2, 0.25) is 0 Å². The van der Waals surface area contributed by atoms with Crippen LogP contribution in [0.15, 0.2) is 46.3 Å². The van der Waals surface area contributed by atoms with Gasteiger partial charge in [0.05, 0.1) is 27.5 Å². The van der Waals surface area contributed by atoms with Crippen LogP contribution in [0.25, 0.3) is 5.70 Å². The lowest BCUT2D eigenvalue weighted by Gasteiger charge is -2.14. The minimum absolute atomic E-state index is 0.0254. The molecule has 1 saturated carbocycles. The molecule has 152 valence electrons. The average Bonchev–Trinajstić information content (AvgIpc) is 3.42. The lowest BCUT2D eigenvalue weighted by atomic mass is 10.0. The summed E-state index contributed by atoms with van der Waals surface area (Å²) in [5.74, 6) is -2.37. The monoisotopic (exact) mass is 424 g/mol. The Morgan fingerprint density at radius 1 is 1.27 bits per heavy atom. The van der Waals surface area contributed by atoms with Crippen molar-refractivity contribution in [3.63, 3.8) is 0 Å². The molecule has 0 saturated heterocycles. The van der Waals surface area contributed by atoms with Crippen molar-refractivity contribution in [3.8, 4) is 6.07 Å². The van der Waals surface area contributed by atoms with E-state index < -0.39 is 27.4 Å². The predicted octanol–water partition coefficient (Wildman–Crippen LogP) is 4.06. The number of hydrogen-bond acceptors (Lipinski definition) is 5. The van der Waals surface area contributed by atoms with Gasteiger partial charge in [0, 0.05) is 18.2 Å². The Bertz CT molecular complexity index is 1270. The highest BCUT2D eigenvalue weighted by Gasteiger charge is 2.32. The molecule has 0 atom stereocenters. The van der Waals surface area contributed by atoms with Crippen LogP contribution >= 0.6 is 0 Å². The summed E-state index contributed by atoms with van der Waals surface area (Å²) in [6.07, 6.45) is 5.62. The highest BCUT2D eigenvalue weighted by atomic mass is 32.2. The molecule has 6 nitrogen and oxygen atoms in total. The molecular formula is C22H17FN2O4S. The Balaban J connectivity index is 1.83. The fraction of sp³-hybridized carbons (Fsp3) is 0.227. The summed E-state index contributed by atoms with van der Waals surface area (Å²) in [6.45, 7) is 0. The largest absolute Gasteiger partial charge is 0.478 e. The summed E-state index contributed by atoms with van der Waals surface area (Å²) in [6, 6.07) is 8.25. The van der Waals surface area contributed by atoms with Crippen molar-refractivity contribution in [1.29, 1.82) is 5.26 Å². The Kier molecular flexibility index (Phi) is 5.00. The maximum absolute atomic E-state index is 14.2. The first kappa shape index (κ1) is 20.0. The van der Waals surface area contributed by atoms with Gasteiger partial charge in [0.25, 0.3) is 0 Å². The number of hydrogen-bond donors (Lipinski definition) is 1. The third kappa shape index (κ3) is 3.76. The van der Waals surface area contributed by atoms with Crippen LogP contribution in [0.1, 0.15) is 57.8 Å². The van der Waals surface area contributed by atoms with Gasteiger partial charge in [-0.05, 0) is 54.2 Å². The van der Waals surface area contributed by atoms with Gasteiger partial charge in [-0.3, -0.25) is 4.99 Å². The second-order valence-electron chi connectivity index (χ2n) is 7.33. The Labute approximate surface area is 172 Å². The van der Waals surface area contributed by atoms with E-state index in [2.05, 4.69) is 4.99 Å². The maximum atomic E-state index is 14.2. The fourth-order valence-corrected chi connectivity index (χ4v) is 5.26. The number of carboxylic acid groups (broad SMARTS) is 1. The van der Waals surface area contributed by atoms with E-state index >= 15 is 0 Å². The molecule has 30 heavy (non-hydrogen) atoms. The molecule has 0 aromatic heterocycles. The van der Waals surface area contributed by atoms with Crippen LogP contribution in [0, 0.1) is 17.1 Å². The molecule has 0 unspecified atom stereocenters. The standard InChI is InChI=1S/C22H17FN2O4S/c23-19-10-18(20-2-1-7-25-20)16(8-15(19)11-24)12-30(28,29)21-9-14(22(26)27)5-6-17(21)13-3-4-13/h2,5-10,13H,1,3-4,12H2,(H,26,27). The summed E-state index contributed by atoms with van der Waals surface area (Å²) >= 11 is 0. The second-order valence-corrected chi connectivity index (χ2v) is 9.29. The summed E-state index contributed by atoms with van der Waals surface area (Å²) in [5.41, 5.74) is 1.24. The number of nitrogens with zero attached hydrogens (tertiary/aromatic N) is 2. The number of aliphatic imine (C=N–C) groups is 1. The van der Waals surface area contributed by atoms with Gasteiger partial charge >= 0.3 is 5.97 Å². The molecule has 1 fully saturated rings. The van der Waals surface area contributed by atoms with Crippen LogP contribution < -0.4 is 0 Å². The molecule has 8 heteroatoms. The average molecular weight is 424 g/mol. The zero-order valence-electron chi connectivity index (χ0n) is 15.8. The molecule has 2 aromatic carbocycles. The van der Waals surface area contributed by atoms with Gasteiger partial charge in [0.15, 0.2) is 9.84 Å². The zero-order chi connectivity index (χ0) is 21.5. The number of allylic oxidation sites excluding steroid dienone is 1. The number of halogens is 1. The van der Waals surface area contributed by atoms with Crippen molar-refractivity contribution >= 4 is 27.7 Å². The molecule has 1 aliphatic heterocycles. The third-order valence-corrected chi connectivity index (χ3v) is 6.91. The molecule has 1 heterocycles. The van der Waals surface area contributed by atoms with Crippen molar-refractivity contribution in [2.75, 3.05) is 0 Å². The number of rotatable bonds is 6. The number of nitriles is 1. The minimum atomic E-state index is -3.97. The SMILES string of the molecule is N#Cc1cc(CS(=O)(=O)c2cc(C(=O)O)ccc2C2CC2)c(C2=CCC=N2)cc1F. The molecular weight excluding hydrogens is 407 g/mol. The maximum Gasteiger partial charge on any atom is 0.335 e. The van der Waals surface area contributed by atoms with Gasteiger partial charge in [-0.1, -0.05) is 12.1 Å². The van der Waals surface area contributed by atoms with Gasteiger partial charge < -0.3 is 5.11 Å². The van der Waals surface area contributed by atoms with Crippen molar-refractivity contribution in [1.82, 2.24) is 0 Å². The van der Waals surface area contributed by atoms with E-state index in [1.807, 2.05) is 0 Å².